The van der Waals surface area contributed by atoms with E-state index >= 15 is 0 Å². The molecule has 0 aromatic heterocycles. The van der Waals surface area contributed by atoms with Crippen LogP contribution in [0.5, 0.6) is 0 Å². The number of ether oxygens (including phenoxy) is 1. The van der Waals surface area contributed by atoms with Gasteiger partial charge in [-0.05, 0) is 19.3 Å². The second kappa shape index (κ2) is 11.3. The summed E-state index contributed by atoms with van der Waals surface area (Å²) in [6.45, 7) is 4.09. The lowest BCUT2D eigenvalue weighted by molar-refractivity contribution is -0.148. The monoisotopic (exact) mass is 324 g/mol. The minimum Gasteiger partial charge on any atom is -0.511 e. The number of hydrogen-bond acceptors (Lipinski definition) is 4. The molecule has 0 bridgehead atoms. The Labute approximate surface area is 140 Å². The third-order valence-corrected chi connectivity index (χ3v) is 4.32. The molecule has 1 rings (SSSR count). The lowest BCUT2D eigenvalue weighted by atomic mass is 9.97. The molecular weight excluding hydrogens is 292 g/mol. The van der Waals surface area contributed by atoms with Crippen LogP contribution in [0.15, 0.2) is 11.3 Å². The van der Waals surface area contributed by atoms with Crippen LogP contribution in [0, 0.1) is 0 Å². The maximum absolute atomic E-state index is 11.9. The van der Waals surface area contributed by atoms with Crippen LogP contribution >= 0.6 is 0 Å². The minimum absolute atomic E-state index is 0.0794. The van der Waals surface area contributed by atoms with Crippen molar-refractivity contribution in [2.45, 2.75) is 97.0 Å². The molecule has 132 valence electrons. The summed E-state index contributed by atoms with van der Waals surface area (Å²) in [7, 11) is 0. The normalized spacial score (nSPS) is 18.2. The van der Waals surface area contributed by atoms with Crippen molar-refractivity contribution in [3.63, 3.8) is 0 Å². The molecule has 0 amide bonds. The Bertz CT molecular complexity index is 412. The summed E-state index contributed by atoms with van der Waals surface area (Å²) in [4.78, 5) is 23.7. The van der Waals surface area contributed by atoms with E-state index in [-0.39, 0.29) is 36.1 Å². The molecule has 0 aromatic rings. The molecule has 0 saturated carbocycles. The predicted octanol–water partition coefficient (Wildman–Crippen LogP) is 5.01. The number of unbranched alkanes of at least 4 members (excludes halogenated alkanes) is 7. The van der Waals surface area contributed by atoms with Crippen molar-refractivity contribution in [1.29, 1.82) is 0 Å². The molecule has 1 aliphatic heterocycles. The van der Waals surface area contributed by atoms with Crippen LogP contribution in [0.3, 0.4) is 0 Å². The Morgan fingerprint density at radius 1 is 1.04 bits per heavy atom. The number of aliphatic hydroxyl groups is 1. The van der Waals surface area contributed by atoms with Gasteiger partial charge < -0.3 is 9.84 Å². The zero-order valence-electron chi connectivity index (χ0n) is 14.7. The Morgan fingerprint density at radius 3 is 2.22 bits per heavy atom. The third kappa shape index (κ3) is 7.19. The molecule has 0 spiro atoms. The summed E-state index contributed by atoms with van der Waals surface area (Å²) in [5.41, 5.74) is -0.126. The molecule has 1 aliphatic rings. The molecule has 1 atom stereocenters. The second-order valence-corrected chi connectivity index (χ2v) is 6.49. The highest BCUT2D eigenvalue weighted by atomic mass is 16.5. The number of esters is 1. The van der Waals surface area contributed by atoms with Crippen LogP contribution in [-0.2, 0) is 14.3 Å². The van der Waals surface area contributed by atoms with Gasteiger partial charge in [-0.25, -0.2) is 4.79 Å². The maximum atomic E-state index is 11.9. The smallest absolute Gasteiger partial charge is 0.345 e. The summed E-state index contributed by atoms with van der Waals surface area (Å²) in [5.74, 6) is -1.03. The second-order valence-electron chi connectivity index (χ2n) is 6.49. The molecule has 0 aromatic carbocycles. The van der Waals surface area contributed by atoms with E-state index in [0.717, 1.165) is 19.3 Å². The average molecular weight is 324 g/mol. The van der Waals surface area contributed by atoms with Crippen molar-refractivity contribution >= 4 is 11.8 Å². The van der Waals surface area contributed by atoms with Gasteiger partial charge in [-0.15, -0.1) is 0 Å². The molecule has 0 saturated heterocycles. The fourth-order valence-electron chi connectivity index (χ4n) is 2.98. The third-order valence-electron chi connectivity index (χ3n) is 4.32. The van der Waals surface area contributed by atoms with Crippen LogP contribution < -0.4 is 0 Å². The minimum atomic E-state index is -0.642. The highest BCUT2D eigenvalue weighted by Gasteiger charge is 2.32. The molecule has 23 heavy (non-hydrogen) atoms. The van der Waals surface area contributed by atoms with Gasteiger partial charge in [-0.1, -0.05) is 58.8 Å². The molecule has 4 nitrogen and oxygen atoms in total. The number of rotatable bonds is 12. The van der Waals surface area contributed by atoms with E-state index < -0.39 is 5.97 Å². The fraction of sp³-hybridized carbons (Fsp3) is 0.789. The van der Waals surface area contributed by atoms with Crippen LogP contribution in [0.25, 0.3) is 0 Å². The van der Waals surface area contributed by atoms with Gasteiger partial charge in [0.15, 0.2) is 5.78 Å². The van der Waals surface area contributed by atoms with Gasteiger partial charge in [0.2, 0.25) is 0 Å². The first-order chi connectivity index (χ1) is 11.1. The number of aliphatic hydroxyl groups excluding tert-OH is 1. The molecule has 1 heterocycles. The summed E-state index contributed by atoms with van der Waals surface area (Å²) in [5, 5.41) is 9.99. The number of carbonyl (C=O) groups excluding carboxylic acids is 2. The van der Waals surface area contributed by atoms with Crippen molar-refractivity contribution in [3.05, 3.63) is 11.3 Å². The number of ketones is 1. The van der Waals surface area contributed by atoms with Gasteiger partial charge in [0.1, 0.15) is 17.4 Å². The van der Waals surface area contributed by atoms with Crippen molar-refractivity contribution in [2.24, 2.45) is 0 Å². The molecule has 1 N–H and O–H groups in total. The first kappa shape index (κ1) is 19.7. The van der Waals surface area contributed by atoms with Crippen LogP contribution in [0.4, 0.5) is 0 Å². The average Bonchev–Trinajstić information content (AvgIpc) is 2.49. The van der Waals surface area contributed by atoms with E-state index in [9.17, 15) is 14.7 Å². The van der Waals surface area contributed by atoms with E-state index in [4.69, 9.17) is 4.74 Å². The van der Waals surface area contributed by atoms with Gasteiger partial charge in [0, 0.05) is 12.8 Å². The zero-order chi connectivity index (χ0) is 17.1. The van der Waals surface area contributed by atoms with E-state index in [2.05, 4.69) is 6.92 Å². The van der Waals surface area contributed by atoms with E-state index in [0.29, 0.717) is 6.42 Å². The first-order valence-electron chi connectivity index (χ1n) is 9.26. The lowest BCUT2D eigenvalue weighted by Gasteiger charge is -2.23. The molecular formula is C19H32O4. The van der Waals surface area contributed by atoms with Gasteiger partial charge in [-0.3, -0.25) is 4.79 Å². The lowest BCUT2D eigenvalue weighted by Crippen LogP contribution is -2.30. The van der Waals surface area contributed by atoms with Gasteiger partial charge in [0.05, 0.1) is 0 Å². The Balaban J connectivity index is 2.26. The van der Waals surface area contributed by atoms with Crippen LogP contribution in [0.1, 0.15) is 90.9 Å². The number of hydrogen-bond donors (Lipinski definition) is 1. The standard InChI is InChI=1S/C19H32O4/c1-3-5-6-7-8-9-10-11-13-15-14-17(21)18(19(22)23-15)16(20)12-4-2/h15,21H,3-14H2,1-2H3. The van der Waals surface area contributed by atoms with Crippen molar-refractivity contribution in [2.75, 3.05) is 0 Å². The number of carbonyl (C=O) groups is 2. The molecule has 1 unspecified atom stereocenters. The van der Waals surface area contributed by atoms with Gasteiger partial charge >= 0.3 is 5.97 Å². The Hall–Kier alpha value is -1.32. The van der Waals surface area contributed by atoms with Crippen LogP contribution in [-0.4, -0.2) is 23.0 Å². The maximum Gasteiger partial charge on any atom is 0.345 e. The molecule has 0 aliphatic carbocycles. The largest absolute Gasteiger partial charge is 0.511 e. The van der Waals surface area contributed by atoms with Crippen molar-refractivity contribution < 1.29 is 19.4 Å². The molecule has 4 heteroatoms. The summed E-state index contributed by atoms with van der Waals surface area (Å²) in [6.07, 6.45) is 11.5. The highest BCUT2D eigenvalue weighted by Crippen LogP contribution is 2.25. The van der Waals surface area contributed by atoms with Gasteiger partial charge in [0.25, 0.3) is 0 Å². The van der Waals surface area contributed by atoms with Crippen molar-refractivity contribution in [1.82, 2.24) is 0 Å². The Kier molecular flexibility index (Phi) is 9.65. The fourth-order valence-corrected chi connectivity index (χ4v) is 2.98. The van der Waals surface area contributed by atoms with E-state index in [1.165, 1.54) is 38.5 Å². The SMILES string of the molecule is CCCCCCCCCCC1CC(O)=C(C(=O)CCC)C(=O)O1. The summed E-state index contributed by atoms with van der Waals surface area (Å²) >= 11 is 0. The highest BCUT2D eigenvalue weighted by molar-refractivity contribution is 6.18. The first-order valence-corrected chi connectivity index (χ1v) is 9.26. The van der Waals surface area contributed by atoms with E-state index in [1.807, 2.05) is 6.92 Å². The van der Waals surface area contributed by atoms with Gasteiger partial charge in [-0.2, -0.15) is 0 Å². The summed E-state index contributed by atoms with van der Waals surface area (Å²) in [6, 6.07) is 0. The molecule has 0 fully saturated rings. The van der Waals surface area contributed by atoms with E-state index in [1.54, 1.807) is 0 Å². The van der Waals surface area contributed by atoms with Crippen LogP contribution in [0.2, 0.25) is 0 Å². The zero-order valence-corrected chi connectivity index (χ0v) is 14.7. The summed E-state index contributed by atoms with van der Waals surface area (Å²) < 4.78 is 5.32. The quantitative estimate of drug-likeness (QED) is 0.311. The topological polar surface area (TPSA) is 63.6 Å². The number of cyclic esters (lactones) is 1. The van der Waals surface area contributed by atoms with Crippen molar-refractivity contribution in [3.8, 4) is 0 Å². The predicted molar refractivity (Wildman–Crippen MR) is 91.3 cm³/mol. The Morgan fingerprint density at radius 2 is 1.65 bits per heavy atom. The number of Topliss-reactive ketones (excluding diaryl/α,β-unsaturated/α-hetero) is 1. The molecule has 0 radical (unpaired) electrons.